The molecule has 6 heteroatoms. The first kappa shape index (κ1) is 15.9. The van der Waals surface area contributed by atoms with Gasteiger partial charge in [0.15, 0.2) is 11.5 Å². The van der Waals surface area contributed by atoms with Crippen molar-refractivity contribution in [3.05, 3.63) is 35.5 Å². The summed E-state index contributed by atoms with van der Waals surface area (Å²) in [4.78, 5) is 8.25. The Kier molecular flexibility index (Phi) is 5.04. The minimum absolute atomic E-state index is 0.0401. The predicted molar refractivity (Wildman–Crippen MR) is 87.4 cm³/mol. The minimum Gasteiger partial charge on any atom is -0.493 e. The molecular weight excluding hydrogens is 280 g/mol. The van der Waals surface area contributed by atoms with E-state index < -0.39 is 0 Å². The number of hydrogen-bond acceptors (Lipinski definition) is 6. The fraction of sp³-hybridized carbons (Fsp3) is 0.375. The van der Waals surface area contributed by atoms with Crippen LogP contribution in [0, 0.1) is 6.92 Å². The lowest BCUT2D eigenvalue weighted by Crippen LogP contribution is -2.10. The first-order chi connectivity index (χ1) is 10.5. The lowest BCUT2D eigenvalue weighted by molar-refractivity contribution is 0.310. The van der Waals surface area contributed by atoms with Crippen LogP contribution in [0.1, 0.15) is 31.1 Å². The smallest absolute Gasteiger partial charge is 0.222 e. The van der Waals surface area contributed by atoms with Gasteiger partial charge in [-0.15, -0.1) is 0 Å². The average Bonchev–Trinajstić information content (AvgIpc) is 2.46. The van der Waals surface area contributed by atoms with Crippen LogP contribution in [0.15, 0.2) is 24.3 Å². The molecule has 6 nitrogen and oxygen atoms in total. The number of rotatable bonds is 6. The molecule has 118 valence electrons. The van der Waals surface area contributed by atoms with Crippen molar-refractivity contribution in [3.63, 3.8) is 0 Å². The van der Waals surface area contributed by atoms with E-state index in [2.05, 4.69) is 15.3 Å². The van der Waals surface area contributed by atoms with Crippen LogP contribution in [0.3, 0.4) is 0 Å². The average molecular weight is 302 g/mol. The van der Waals surface area contributed by atoms with E-state index in [-0.39, 0.29) is 12.0 Å². The van der Waals surface area contributed by atoms with Crippen LogP contribution < -0.4 is 20.5 Å². The van der Waals surface area contributed by atoms with Crippen LogP contribution in [-0.4, -0.2) is 23.7 Å². The molecular formula is C16H22N4O2. The normalized spacial score (nSPS) is 11.8. The van der Waals surface area contributed by atoms with Crippen LogP contribution in [0.25, 0.3) is 0 Å². The highest BCUT2D eigenvalue weighted by Crippen LogP contribution is 2.31. The van der Waals surface area contributed by atoms with E-state index >= 15 is 0 Å². The molecule has 1 aromatic heterocycles. The number of hydrogen-bond donors (Lipinski definition) is 2. The molecule has 0 bridgehead atoms. The van der Waals surface area contributed by atoms with Gasteiger partial charge in [0.1, 0.15) is 5.82 Å². The molecule has 0 saturated carbocycles. The van der Waals surface area contributed by atoms with Gasteiger partial charge in [-0.25, -0.2) is 4.98 Å². The highest BCUT2D eigenvalue weighted by molar-refractivity contribution is 5.47. The second-order valence-electron chi connectivity index (χ2n) is 4.96. The summed E-state index contributed by atoms with van der Waals surface area (Å²) < 4.78 is 10.9. The topological polar surface area (TPSA) is 82.3 Å². The van der Waals surface area contributed by atoms with Gasteiger partial charge in [0.25, 0.3) is 0 Å². The number of aromatic nitrogens is 2. The van der Waals surface area contributed by atoms with E-state index in [4.69, 9.17) is 15.2 Å². The van der Waals surface area contributed by atoms with Crippen LogP contribution in [-0.2, 0) is 0 Å². The van der Waals surface area contributed by atoms with Gasteiger partial charge in [-0.1, -0.05) is 6.07 Å². The largest absolute Gasteiger partial charge is 0.493 e. The van der Waals surface area contributed by atoms with Crippen molar-refractivity contribution in [2.75, 3.05) is 24.8 Å². The number of anilines is 2. The molecule has 0 saturated heterocycles. The van der Waals surface area contributed by atoms with Crippen molar-refractivity contribution < 1.29 is 9.47 Å². The van der Waals surface area contributed by atoms with Gasteiger partial charge in [0, 0.05) is 11.8 Å². The molecule has 0 aliphatic carbocycles. The molecule has 2 aromatic rings. The monoisotopic (exact) mass is 302 g/mol. The molecule has 1 heterocycles. The summed E-state index contributed by atoms with van der Waals surface area (Å²) in [5.41, 5.74) is 7.56. The Bertz CT molecular complexity index is 626. The van der Waals surface area contributed by atoms with E-state index in [1.807, 2.05) is 45.0 Å². The molecule has 1 unspecified atom stereocenters. The fourth-order valence-corrected chi connectivity index (χ4v) is 2.20. The molecule has 1 aromatic carbocycles. The molecule has 1 atom stereocenters. The van der Waals surface area contributed by atoms with Crippen LogP contribution in [0.5, 0.6) is 11.5 Å². The van der Waals surface area contributed by atoms with Crippen LogP contribution in [0.2, 0.25) is 0 Å². The number of nitrogens with zero attached hydrogens (tertiary/aromatic N) is 2. The van der Waals surface area contributed by atoms with E-state index in [0.717, 1.165) is 17.0 Å². The number of methoxy groups -OCH3 is 1. The Balaban J connectivity index is 2.20. The number of ether oxygens (including phenoxy) is 2. The third kappa shape index (κ3) is 3.78. The van der Waals surface area contributed by atoms with Gasteiger partial charge in [-0.2, -0.15) is 4.98 Å². The number of nitrogens with two attached hydrogens (primary N) is 1. The fourth-order valence-electron chi connectivity index (χ4n) is 2.20. The van der Waals surface area contributed by atoms with E-state index in [1.165, 1.54) is 0 Å². The van der Waals surface area contributed by atoms with Crippen LogP contribution in [0.4, 0.5) is 11.8 Å². The van der Waals surface area contributed by atoms with Crippen LogP contribution >= 0.6 is 0 Å². The number of aryl methyl sites for hydroxylation is 1. The standard InChI is InChI=1S/C16H22N4O2/c1-5-22-13-7-6-12(9-14(13)21-4)11(3)19-15-8-10(2)18-16(17)20-15/h6-9,11H,5H2,1-4H3,(H3,17,18,19,20). The molecule has 0 radical (unpaired) electrons. The second kappa shape index (κ2) is 6.98. The van der Waals surface area contributed by atoms with Crippen molar-refractivity contribution in [2.24, 2.45) is 0 Å². The molecule has 0 spiro atoms. The maximum atomic E-state index is 5.67. The van der Waals surface area contributed by atoms with Crippen molar-refractivity contribution in [2.45, 2.75) is 26.8 Å². The number of nitrogens with one attached hydrogen (secondary N) is 1. The maximum absolute atomic E-state index is 5.67. The maximum Gasteiger partial charge on any atom is 0.222 e. The van der Waals surface area contributed by atoms with Gasteiger partial charge >= 0.3 is 0 Å². The zero-order chi connectivity index (χ0) is 16.1. The molecule has 0 fully saturated rings. The summed E-state index contributed by atoms with van der Waals surface area (Å²) in [7, 11) is 1.63. The first-order valence-electron chi connectivity index (χ1n) is 7.22. The van der Waals surface area contributed by atoms with Crippen molar-refractivity contribution >= 4 is 11.8 Å². The molecule has 0 aliphatic heterocycles. The van der Waals surface area contributed by atoms with Crippen molar-refractivity contribution in [3.8, 4) is 11.5 Å². The Labute approximate surface area is 130 Å². The summed E-state index contributed by atoms with van der Waals surface area (Å²) in [5, 5.41) is 3.32. The second-order valence-corrected chi connectivity index (χ2v) is 4.96. The summed E-state index contributed by atoms with van der Waals surface area (Å²) in [6.45, 7) is 6.47. The third-order valence-electron chi connectivity index (χ3n) is 3.22. The van der Waals surface area contributed by atoms with Gasteiger partial charge in [-0.05, 0) is 38.5 Å². The van der Waals surface area contributed by atoms with Crippen molar-refractivity contribution in [1.29, 1.82) is 0 Å². The van der Waals surface area contributed by atoms with Gasteiger partial charge in [0.05, 0.1) is 19.8 Å². The molecule has 0 aliphatic rings. The highest BCUT2D eigenvalue weighted by atomic mass is 16.5. The molecule has 0 amide bonds. The summed E-state index contributed by atoms with van der Waals surface area (Å²) in [5.74, 6) is 2.42. The van der Waals surface area contributed by atoms with Gasteiger partial charge in [-0.3, -0.25) is 0 Å². The molecule has 22 heavy (non-hydrogen) atoms. The predicted octanol–water partition coefficient (Wildman–Crippen LogP) is 2.95. The highest BCUT2D eigenvalue weighted by Gasteiger charge is 2.11. The van der Waals surface area contributed by atoms with E-state index in [1.54, 1.807) is 7.11 Å². The Morgan fingerprint density at radius 3 is 2.64 bits per heavy atom. The zero-order valence-electron chi connectivity index (χ0n) is 13.4. The summed E-state index contributed by atoms with van der Waals surface area (Å²) >= 11 is 0. The van der Waals surface area contributed by atoms with E-state index in [0.29, 0.717) is 18.2 Å². The Morgan fingerprint density at radius 2 is 2.00 bits per heavy atom. The van der Waals surface area contributed by atoms with Crippen molar-refractivity contribution in [1.82, 2.24) is 9.97 Å². The first-order valence-corrected chi connectivity index (χ1v) is 7.22. The lowest BCUT2D eigenvalue weighted by atomic mass is 10.1. The lowest BCUT2D eigenvalue weighted by Gasteiger charge is -2.17. The van der Waals surface area contributed by atoms with E-state index in [9.17, 15) is 0 Å². The summed E-state index contributed by atoms with van der Waals surface area (Å²) in [6, 6.07) is 7.77. The quantitative estimate of drug-likeness (QED) is 0.853. The number of benzene rings is 1. The minimum atomic E-state index is 0.0401. The van der Waals surface area contributed by atoms with Gasteiger partial charge in [0.2, 0.25) is 5.95 Å². The SMILES string of the molecule is CCOc1ccc(C(C)Nc2cc(C)nc(N)n2)cc1OC. The zero-order valence-corrected chi connectivity index (χ0v) is 13.4. The van der Waals surface area contributed by atoms with Gasteiger partial charge < -0.3 is 20.5 Å². The molecule has 3 N–H and O–H groups in total. The Morgan fingerprint density at radius 1 is 1.23 bits per heavy atom. The Hall–Kier alpha value is -2.50. The summed E-state index contributed by atoms with van der Waals surface area (Å²) in [6.07, 6.45) is 0. The number of nitrogen functional groups attached to an aromatic ring is 1. The third-order valence-corrected chi connectivity index (χ3v) is 3.22. The molecule has 2 rings (SSSR count).